The van der Waals surface area contributed by atoms with Crippen molar-refractivity contribution in [2.45, 2.75) is 0 Å². The average Bonchev–Trinajstić information content (AvgIpc) is 2.73. The van der Waals surface area contributed by atoms with E-state index in [1.807, 2.05) is 0 Å². The third kappa shape index (κ3) is 3.47. The molecule has 1 aliphatic rings. The number of halogens is 1. The Bertz CT molecular complexity index is 1300. The van der Waals surface area contributed by atoms with E-state index in [-0.39, 0.29) is 21.6 Å². The minimum Gasteiger partial charge on any atom is -0.497 e. The summed E-state index contributed by atoms with van der Waals surface area (Å²) >= 11 is 11.0. The lowest BCUT2D eigenvalue weighted by Crippen LogP contribution is -2.54. The van der Waals surface area contributed by atoms with Crippen LogP contribution in [0.25, 0.3) is 17.0 Å². The molecule has 0 saturated carbocycles. The van der Waals surface area contributed by atoms with Crippen LogP contribution >= 0.6 is 23.8 Å². The first-order valence-electron chi connectivity index (χ1n) is 8.65. The quantitative estimate of drug-likeness (QED) is 0.382. The van der Waals surface area contributed by atoms with Crippen LogP contribution in [0.1, 0.15) is 5.56 Å². The van der Waals surface area contributed by atoms with Crippen molar-refractivity contribution in [2.75, 3.05) is 12.0 Å². The average molecular weight is 441 g/mol. The second-order valence-electron chi connectivity index (χ2n) is 6.32. The van der Waals surface area contributed by atoms with E-state index in [0.717, 1.165) is 4.90 Å². The lowest BCUT2D eigenvalue weighted by atomic mass is 10.1. The molecule has 1 N–H and O–H groups in total. The molecule has 0 unspecified atom stereocenters. The number of rotatable bonds is 3. The molecule has 3 aromatic rings. The predicted molar refractivity (Wildman–Crippen MR) is 117 cm³/mol. The van der Waals surface area contributed by atoms with E-state index >= 15 is 0 Å². The van der Waals surface area contributed by atoms with Crippen LogP contribution in [-0.4, -0.2) is 24.0 Å². The van der Waals surface area contributed by atoms with Crippen LogP contribution in [0.5, 0.6) is 5.75 Å². The molecule has 2 amide bonds. The zero-order valence-electron chi connectivity index (χ0n) is 15.5. The highest BCUT2D eigenvalue weighted by molar-refractivity contribution is 7.80. The van der Waals surface area contributed by atoms with Gasteiger partial charge in [-0.05, 0) is 60.8 Å². The van der Waals surface area contributed by atoms with E-state index in [1.165, 1.54) is 25.5 Å². The molecule has 30 heavy (non-hydrogen) atoms. The number of carbonyl (C=O) groups is 2. The van der Waals surface area contributed by atoms with Crippen molar-refractivity contribution < 1.29 is 18.7 Å². The van der Waals surface area contributed by atoms with E-state index in [2.05, 4.69) is 5.32 Å². The number of nitrogens with one attached hydrogen (secondary N) is 1. The number of anilines is 1. The summed E-state index contributed by atoms with van der Waals surface area (Å²) in [6.07, 6.45) is 2.39. The van der Waals surface area contributed by atoms with Crippen LogP contribution in [-0.2, 0) is 9.59 Å². The van der Waals surface area contributed by atoms with Gasteiger partial charge in [-0.1, -0.05) is 11.6 Å². The second kappa shape index (κ2) is 7.74. The summed E-state index contributed by atoms with van der Waals surface area (Å²) in [4.78, 5) is 39.5. The van der Waals surface area contributed by atoms with Crippen LogP contribution in [0.4, 0.5) is 5.69 Å². The fourth-order valence-corrected chi connectivity index (χ4v) is 3.40. The number of methoxy groups -OCH3 is 1. The maximum absolute atomic E-state index is 13.0. The number of nitrogens with zero attached hydrogens (tertiary/aromatic N) is 1. The summed E-state index contributed by atoms with van der Waals surface area (Å²) < 4.78 is 10.6. The number of hydrogen-bond acceptors (Lipinski definition) is 6. The van der Waals surface area contributed by atoms with Gasteiger partial charge in [0.05, 0.1) is 23.7 Å². The summed E-state index contributed by atoms with van der Waals surface area (Å²) in [7, 11) is 1.48. The summed E-state index contributed by atoms with van der Waals surface area (Å²) in [6.45, 7) is 0. The van der Waals surface area contributed by atoms with Crippen molar-refractivity contribution in [1.82, 2.24) is 5.32 Å². The normalized spacial score (nSPS) is 15.6. The van der Waals surface area contributed by atoms with Gasteiger partial charge in [0.25, 0.3) is 11.8 Å². The van der Waals surface area contributed by atoms with Gasteiger partial charge in [0.2, 0.25) is 0 Å². The van der Waals surface area contributed by atoms with E-state index in [1.54, 1.807) is 36.4 Å². The molecule has 0 radical (unpaired) electrons. The van der Waals surface area contributed by atoms with Gasteiger partial charge in [-0.15, -0.1) is 0 Å². The zero-order chi connectivity index (χ0) is 21.4. The summed E-state index contributed by atoms with van der Waals surface area (Å²) in [5.41, 5.74) is 0.155. The molecule has 0 atom stereocenters. The zero-order valence-corrected chi connectivity index (χ0v) is 17.0. The highest BCUT2D eigenvalue weighted by Crippen LogP contribution is 2.24. The fraction of sp³-hybridized carbons (Fsp3) is 0.0476. The number of carbonyl (C=O) groups excluding carboxylic acids is 2. The lowest BCUT2D eigenvalue weighted by Gasteiger charge is -2.28. The smallest absolute Gasteiger partial charge is 0.270 e. The number of amides is 2. The molecule has 9 heteroatoms. The summed E-state index contributed by atoms with van der Waals surface area (Å²) in [5, 5.41) is 3.14. The van der Waals surface area contributed by atoms with Crippen molar-refractivity contribution in [3.05, 3.63) is 75.1 Å². The first-order valence-corrected chi connectivity index (χ1v) is 9.44. The van der Waals surface area contributed by atoms with Crippen molar-refractivity contribution in [3.63, 3.8) is 0 Å². The molecular formula is C21H13ClN2O5S. The maximum Gasteiger partial charge on any atom is 0.270 e. The van der Waals surface area contributed by atoms with Gasteiger partial charge in [0, 0.05) is 5.02 Å². The Labute approximate surface area is 180 Å². The van der Waals surface area contributed by atoms with Crippen LogP contribution in [0.3, 0.4) is 0 Å². The Balaban J connectivity index is 1.80. The van der Waals surface area contributed by atoms with Crippen LogP contribution in [0.15, 0.2) is 63.5 Å². The fourth-order valence-electron chi connectivity index (χ4n) is 2.99. The molecular weight excluding hydrogens is 428 g/mol. The summed E-state index contributed by atoms with van der Waals surface area (Å²) in [5.74, 6) is -0.901. The van der Waals surface area contributed by atoms with Gasteiger partial charge in [0.1, 0.15) is 23.2 Å². The van der Waals surface area contributed by atoms with E-state index in [9.17, 15) is 14.4 Å². The number of thiocarbonyl (C=S) groups is 1. The third-order valence-corrected chi connectivity index (χ3v) is 5.03. The van der Waals surface area contributed by atoms with Gasteiger partial charge in [-0.3, -0.25) is 24.6 Å². The monoisotopic (exact) mass is 440 g/mol. The largest absolute Gasteiger partial charge is 0.497 e. The van der Waals surface area contributed by atoms with Crippen molar-refractivity contribution in [2.24, 2.45) is 0 Å². The van der Waals surface area contributed by atoms with Gasteiger partial charge in [-0.2, -0.15) is 0 Å². The molecule has 1 aliphatic heterocycles. The topological polar surface area (TPSA) is 88.8 Å². The van der Waals surface area contributed by atoms with Crippen molar-refractivity contribution in [1.29, 1.82) is 0 Å². The summed E-state index contributed by atoms with van der Waals surface area (Å²) in [6, 6.07) is 11.2. The van der Waals surface area contributed by atoms with Gasteiger partial charge in [-0.25, -0.2) is 0 Å². The first kappa shape index (κ1) is 19.8. The molecule has 150 valence electrons. The van der Waals surface area contributed by atoms with Crippen LogP contribution < -0.4 is 20.4 Å². The van der Waals surface area contributed by atoms with Crippen molar-refractivity contribution in [3.8, 4) is 5.75 Å². The molecule has 0 bridgehead atoms. The second-order valence-corrected chi connectivity index (χ2v) is 7.14. The molecule has 1 saturated heterocycles. The molecule has 1 fully saturated rings. The first-order chi connectivity index (χ1) is 14.4. The lowest BCUT2D eigenvalue weighted by molar-refractivity contribution is -0.122. The Morgan fingerprint density at radius 1 is 1.13 bits per heavy atom. The van der Waals surface area contributed by atoms with Crippen LogP contribution in [0.2, 0.25) is 5.02 Å². The number of benzene rings is 2. The molecule has 2 aromatic carbocycles. The number of fused-ring (bicyclic) bond motifs is 1. The minimum absolute atomic E-state index is 0.0399. The minimum atomic E-state index is -0.708. The Morgan fingerprint density at radius 3 is 2.57 bits per heavy atom. The van der Waals surface area contributed by atoms with E-state index < -0.39 is 17.2 Å². The molecule has 0 spiro atoms. The van der Waals surface area contributed by atoms with E-state index in [4.69, 9.17) is 33.0 Å². The number of ether oxygens (including phenoxy) is 1. The number of hydrogen-bond donors (Lipinski definition) is 1. The SMILES string of the molecule is COc1ccc2occ(C=C3C(=O)NC(=S)N(c4ccc(Cl)cc4)C3=O)c(=O)c2c1. The molecule has 0 aliphatic carbocycles. The van der Waals surface area contributed by atoms with Crippen LogP contribution in [0, 0.1) is 0 Å². The standard InChI is InChI=1S/C21H13ClN2O5S/c1-28-14-6-7-17-15(9-14)18(25)11(10-29-17)8-16-19(26)23-21(30)24(20(16)27)13-4-2-12(22)3-5-13/h2-10H,1H3,(H,23,26,30). The highest BCUT2D eigenvalue weighted by Gasteiger charge is 2.34. The molecule has 1 aromatic heterocycles. The Kier molecular flexibility index (Phi) is 5.11. The predicted octanol–water partition coefficient (Wildman–Crippen LogP) is 3.29. The Morgan fingerprint density at radius 2 is 1.87 bits per heavy atom. The molecule has 7 nitrogen and oxygen atoms in total. The van der Waals surface area contributed by atoms with Gasteiger partial charge < -0.3 is 9.15 Å². The van der Waals surface area contributed by atoms with E-state index in [0.29, 0.717) is 22.0 Å². The third-order valence-electron chi connectivity index (χ3n) is 4.49. The van der Waals surface area contributed by atoms with Gasteiger partial charge in [0.15, 0.2) is 10.5 Å². The highest BCUT2D eigenvalue weighted by atomic mass is 35.5. The maximum atomic E-state index is 13.0. The molecule has 2 heterocycles. The Hall–Kier alpha value is -3.49. The van der Waals surface area contributed by atoms with Crippen molar-refractivity contribution >= 4 is 63.5 Å². The molecule has 4 rings (SSSR count). The van der Waals surface area contributed by atoms with Gasteiger partial charge >= 0.3 is 0 Å².